The highest BCUT2D eigenvalue weighted by Crippen LogP contribution is 2.21. The van der Waals surface area contributed by atoms with Crippen molar-refractivity contribution in [3.8, 4) is 5.69 Å². The van der Waals surface area contributed by atoms with Crippen molar-refractivity contribution in [2.75, 3.05) is 0 Å². The monoisotopic (exact) mass is 286 g/mol. The molecule has 0 radical (unpaired) electrons. The summed E-state index contributed by atoms with van der Waals surface area (Å²) in [5.74, 6) is 1.57. The molecule has 0 fully saturated rings. The van der Waals surface area contributed by atoms with Gasteiger partial charge in [-0.15, -0.1) is 0 Å². The van der Waals surface area contributed by atoms with Gasteiger partial charge in [0.1, 0.15) is 17.2 Å². The zero-order chi connectivity index (χ0) is 14.1. The summed E-state index contributed by atoms with van der Waals surface area (Å²) in [6.45, 7) is 3.77. The molecular formula is C14H14N4OS. The fourth-order valence-electron chi connectivity index (χ4n) is 2.25. The van der Waals surface area contributed by atoms with Crippen LogP contribution < -0.4 is 0 Å². The second-order valence-corrected chi connectivity index (χ2v) is 5.00. The first kappa shape index (κ1) is 12.8. The van der Waals surface area contributed by atoms with E-state index in [1.165, 1.54) is 5.56 Å². The minimum atomic E-state index is 0.547. The van der Waals surface area contributed by atoms with Crippen molar-refractivity contribution < 1.29 is 4.52 Å². The molecule has 0 amide bonds. The van der Waals surface area contributed by atoms with Crippen LogP contribution in [0.4, 0.5) is 0 Å². The molecule has 0 aliphatic rings. The highest BCUT2D eigenvalue weighted by Gasteiger charge is 2.17. The highest BCUT2D eigenvalue weighted by atomic mass is 32.1. The predicted octanol–water partition coefficient (Wildman–Crippen LogP) is 3.13. The smallest absolute Gasteiger partial charge is 0.200 e. The molecule has 1 N–H and O–H groups in total. The Balaban J connectivity index is 2.09. The number of aryl methyl sites for hydroxylation is 2. The van der Waals surface area contributed by atoms with E-state index in [9.17, 15) is 0 Å². The third-order valence-corrected chi connectivity index (χ3v) is 3.44. The molecule has 2 aromatic heterocycles. The maximum atomic E-state index is 5.33. The number of aromatic amines is 1. The van der Waals surface area contributed by atoms with Crippen molar-refractivity contribution in [2.24, 2.45) is 0 Å². The van der Waals surface area contributed by atoms with Gasteiger partial charge in [-0.1, -0.05) is 35.5 Å². The summed E-state index contributed by atoms with van der Waals surface area (Å²) in [5.41, 5.74) is 2.85. The van der Waals surface area contributed by atoms with Gasteiger partial charge in [0.25, 0.3) is 0 Å². The summed E-state index contributed by atoms with van der Waals surface area (Å²) < 4.78 is 7.66. The molecular weight excluding hydrogens is 272 g/mol. The molecule has 6 heteroatoms. The van der Waals surface area contributed by atoms with Crippen LogP contribution in [0.15, 0.2) is 34.9 Å². The number of hydrogen-bond donors (Lipinski definition) is 1. The van der Waals surface area contributed by atoms with Gasteiger partial charge in [-0.3, -0.25) is 9.67 Å². The first-order chi connectivity index (χ1) is 9.66. The Hall–Kier alpha value is -2.21. The number of H-pyrrole nitrogens is 1. The normalized spacial score (nSPS) is 10.9. The number of benzene rings is 1. The lowest BCUT2D eigenvalue weighted by atomic mass is 10.1. The summed E-state index contributed by atoms with van der Waals surface area (Å²) in [6, 6.07) is 10.1. The van der Waals surface area contributed by atoms with Gasteiger partial charge in [0, 0.05) is 6.42 Å². The average Bonchev–Trinajstić information content (AvgIpc) is 2.95. The predicted molar refractivity (Wildman–Crippen MR) is 77.5 cm³/mol. The third-order valence-electron chi connectivity index (χ3n) is 3.17. The van der Waals surface area contributed by atoms with E-state index in [4.69, 9.17) is 16.7 Å². The SMILES string of the molecule is Cc1noc(C)c1-n1c(Cc2ccccc2)n[nH]c1=S. The van der Waals surface area contributed by atoms with Gasteiger partial charge in [0.2, 0.25) is 0 Å². The van der Waals surface area contributed by atoms with Crippen molar-refractivity contribution >= 4 is 12.2 Å². The fourth-order valence-corrected chi connectivity index (χ4v) is 2.50. The number of aromatic nitrogens is 4. The molecule has 0 aliphatic carbocycles. The number of nitrogens with one attached hydrogen (secondary N) is 1. The molecule has 0 unspecified atom stereocenters. The van der Waals surface area contributed by atoms with Gasteiger partial charge in [-0.2, -0.15) is 5.10 Å². The maximum Gasteiger partial charge on any atom is 0.200 e. The van der Waals surface area contributed by atoms with E-state index in [1.54, 1.807) is 0 Å². The van der Waals surface area contributed by atoms with Gasteiger partial charge < -0.3 is 4.52 Å². The van der Waals surface area contributed by atoms with Crippen LogP contribution in [-0.2, 0) is 6.42 Å². The molecule has 20 heavy (non-hydrogen) atoms. The van der Waals surface area contributed by atoms with Crippen LogP contribution in [0.25, 0.3) is 5.69 Å². The second-order valence-electron chi connectivity index (χ2n) is 4.62. The largest absolute Gasteiger partial charge is 0.359 e. The van der Waals surface area contributed by atoms with Gasteiger partial charge in [-0.05, 0) is 31.6 Å². The highest BCUT2D eigenvalue weighted by molar-refractivity contribution is 7.71. The zero-order valence-electron chi connectivity index (χ0n) is 11.3. The Kier molecular flexibility index (Phi) is 3.23. The summed E-state index contributed by atoms with van der Waals surface area (Å²) >= 11 is 5.33. The van der Waals surface area contributed by atoms with Crippen molar-refractivity contribution in [3.05, 3.63) is 57.9 Å². The summed E-state index contributed by atoms with van der Waals surface area (Å²) in [6.07, 6.45) is 0.692. The second kappa shape index (κ2) is 5.05. The van der Waals surface area contributed by atoms with Crippen LogP contribution in [0, 0.1) is 18.6 Å². The Morgan fingerprint density at radius 2 is 2.00 bits per heavy atom. The molecule has 3 rings (SSSR count). The van der Waals surface area contributed by atoms with Crippen molar-refractivity contribution in [1.29, 1.82) is 0 Å². The zero-order valence-corrected chi connectivity index (χ0v) is 12.1. The molecule has 2 heterocycles. The molecule has 0 saturated heterocycles. The molecule has 0 bridgehead atoms. The Bertz CT molecular complexity index is 766. The number of hydrogen-bond acceptors (Lipinski definition) is 4. The molecule has 0 spiro atoms. The number of rotatable bonds is 3. The van der Waals surface area contributed by atoms with E-state index in [0.717, 1.165) is 23.0 Å². The molecule has 5 nitrogen and oxygen atoms in total. The molecule has 1 aromatic carbocycles. The van der Waals surface area contributed by atoms with Gasteiger partial charge >= 0.3 is 0 Å². The lowest BCUT2D eigenvalue weighted by molar-refractivity contribution is 0.393. The molecule has 102 valence electrons. The van der Waals surface area contributed by atoms with E-state index >= 15 is 0 Å². The molecule has 0 aliphatic heterocycles. The molecule has 3 aromatic rings. The standard InChI is InChI=1S/C14H14N4OS/c1-9-13(10(2)19-17-9)18-12(15-16-14(18)20)8-11-6-4-3-5-7-11/h3-7H,8H2,1-2H3,(H,16,20). The van der Waals surface area contributed by atoms with Crippen LogP contribution in [0.2, 0.25) is 0 Å². The van der Waals surface area contributed by atoms with Crippen LogP contribution >= 0.6 is 12.2 Å². The van der Waals surface area contributed by atoms with Gasteiger partial charge in [0.05, 0.1) is 0 Å². The Morgan fingerprint density at radius 1 is 1.25 bits per heavy atom. The van der Waals surface area contributed by atoms with E-state index in [1.807, 2.05) is 36.6 Å². The topological polar surface area (TPSA) is 59.6 Å². The maximum absolute atomic E-state index is 5.33. The van der Waals surface area contributed by atoms with Crippen molar-refractivity contribution in [2.45, 2.75) is 20.3 Å². The van der Waals surface area contributed by atoms with Gasteiger partial charge in [0.15, 0.2) is 10.5 Å². The Morgan fingerprint density at radius 3 is 2.65 bits per heavy atom. The quantitative estimate of drug-likeness (QED) is 0.751. The van der Waals surface area contributed by atoms with Crippen LogP contribution in [-0.4, -0.2) is 19.9 Å². The summed E-state index contributed by atoms with van der Waals surface area (Å²) in [4.78, 5) is 0. The van der Waals surface area contributed by atoms with Crippen molar-refractivity contribution in [1.82, 2.24) is 19.9 Å². The van der Waals surface area contributed by atoms with Crippen molar-refractivity contribution in [3.63, 3.8) is 0 Å². The molecule has 0 saturated carbocycles. The minimum Gasteiger partial charge on any atom is -0.359 e. The lowest BCUT2D eigenvalue weighted by Gasteiger charge is -2.06. The van der Waals surface area contributed by atoms with E-state index in [0.29, 0.717) is 11.2 Å². The average molecular weight is 286 g/mol. The first-order valence-electron chi connectivity index (χ1n) is 6.30. The van der Waals surface area contributed by atoms with Crippen LogP contribution in [0.5, 0.6) is 0 Å². The van der Waals surface area contributed by atoms with Gasteiger partial charge in [-0.25, -0.2) is 0 Å². The van der Waals surface area contributed by atoms with Crippen LogP contribution in [0.3, 0.4) is 0 Å². The van der Waals surface area contributed by atoms with E-state index in [-0.39, 0.29) is 0 Å². The van der Waals surface area contributed by atoms with E-state index < -0.39 is 0 Å². The van der Waals surface area contributed by atoms with E-state index in [2.05, 4.69) is 27.5 Å². The Labute approximate surface area is 121 Å². The summed E-state index contributed by atoms with van der Waals surface area (Å²) in [5, 5.41) is 11.1. The summed E-state index contributed by atoms with van der Waals surface area (Å²) in [7, 11) is 0. The fraction of sp³-hybridized carbons (Fsp3) is 0.214. The molecule has 0 atom stereocenters. The lowest BCUT2D eigenvalue weighted by Crippen LogP contribution is -2.04. The minimum absolute atomic E-state index is 0.547. The number of nitrogens with zero attached hydrogens (tertiary/aromatic N) is 3. The third kappa shape index (κ3) is 2.18. The first-order valence-corrected chi connectivity index (χ1v) is 6.71. The van der Waals surface area contributed by atoms with Crippen LogP contribution in [0.1, 0.15) is 22.8 Å².